The SMILES string of the molecule is CCN=c1ccc2c(-c3ccccc3C(=O)N(C)CCCC(=O)NC(CCCSSCCC(=O)CCC#Cc3cn([C@H]4CC(O)[C@@H](COP(=O)(O)OP(=O)(O)OP(=O)(O)O)O4)c4ncnc(N)c34)C(=O)NC(CC(=O)O)C(=O)CC(CC)C(=O)O)c3ccc(NCC)cc3oc-2c1S(=O)(=O)O. The molecule has 40 heteroatoms. The van der Waals surface area contributed by atoms with Crippen LogP contribution < -0.4 is 27.0 Å². The predicted molar refractivity (Wildman–Crippen MR) is 368 cm³/mol. The highest BCUT2D eigenvalue weighted by molar-refractivity contribution is 8.76. The van der Waals surface area contributed by atoms with Crippen LogP contribution in [0.25, 0.3) is 44.5 Å². The number of carbonyl (C=O) groups is 7. The maximum Gasteiger partial charge on any atom is 0.490 e. The van der Waals surface area contributed by atoms with Crippen molar-refractivity contribution in [2.24, 2.45) is 10.9 Å². The van der Waals surface area contributed by atoms with Crippen molar-refractivity contribution in [2.45, 2.75) is 127 Å². The van der Waals surface area contributed by atoms with E-state index in [0.29, 0.717) is 51.2 Å². The van der Waals surface area contributed by atoms with Crippen molar-refractivity contribution in [2.75, 3.05) is 55.8 Å². The number of aliphatic hydroxyl groups is 1. The number of carboxylic acid groups (broad SMARTS) is 2. The summed E-state index contributed by atoms with van der Waals surface area (Å²) < 4.78 is 97.3. The van der Waals surface area contributed by atoms with Crippen LogP contribution >= 0.6 is 45.1 Å². The van der Waals surface area contributed by atoms with Gasteiger partial charge in [0.2, 0.25) is 11.8 Å². The van der Waals surface area contributed by atoms with Crippen molar-refractivity contribution in [3.8, 4) is 34.3 Å². The van der Waals surface area contributed by atoms with Crippen LogP contribution in [-0.4, -0.2) is 178 Å². The molecule has 1 fully saturated rings. The number of hydrogen-bond acceptors (Lipinski definition) is 25. The number of nitrogen functional groups attached to an aromatic ring is 1. The first-order valence-corrected chi connectivity index (χ1v) is 39.7. The Bertz CT molecular complexity index is 4450. The van der Waals surface area contributed by atoms with Crippen molar-refractivity contribution in [1.82, 2.24) is 30.1 Å². The van der Waals surface area contributed by atoms with E-state index in [4.69, 9.17) is 24.7 Å². The van der Waals surface area contributed by atoms with E-state index in [1.165, 1.54) is 57.3 Å². The van der Waals surface area contributed by atoms with Crippen molar-refractivity contribution in [1.29, 1.82) is 0 Å². The number of phosphoric acid groups is 3. The van der Waals surface area contributed by atoms with Crippen LogP contribution in [0.4, 0.5) is 11.5 Å². The second-order valence-electron chi connectivity index (χ2n) is 22.8. The Kier molecular flexibility index (Phi) is 28.9. The van der Waals surface area contributed by atoms with E-state index >= 15 is 0 Å². The van der Waals surface area contributed by atoms with Gasteiger partial charge >= 0.3 is 35.4 Å². The molecule has 4 aromatic rings. The minimum atomic E-state index is -5.81. The van der Waals surface area contributed by atoms with Crippen LogP contribution in [0.15, 0.2) is 81.4 Å². The van der Waals surface area contributed by atoms with Gasteiger partial charge in [-0.1, -0.05) is 58.6 Å². The lowest BCUT2D eigenvalue weighted by molar-refractivity contribution is -0.144. The largest absolute Gasteiger partial charge is 0.490 e. The van der Waals surface area contributed by atoms with Crippen LogP contribution in [0.2, 0.25) is 0 Å². The monoisotopic (exact) mass is 1520 g/mol. The van der Waals surface area contributed by atoms with Crippen LogP contribution in [-0.2, 0) is 70.5 Å². The van der Waals surface area contributed by atoms with Crippen LogP contribution in [0.3, 0.4) is 0 Å². The lowest BCUT2D eigenvalue weighted by Gasteiger charge is -2.23. The fourth-order valence-corrected chi connectivity index (χ4v) is 16.7. The zero-order chi connectivity index (χ0) is 74.1. The Balaban J connectivity index is 0.953. The number of rotatable bonds is 38. The number of aromatic nitrogens is 3. The first-order chi connectivity index (χ1) is 47.6. The second kappa shape index (κ2) is 36.1. The number of aliphatic hydroxyl groups excluding tert-OH is 1. The van der Waals surface area contributed by atoms with Gasteiger partial charge in [-0.3, -0.25) is 47.6 Å². The molecule has 7 rings (SSSR count). The molecule has 101 heavy (non-hydrogen) atoms. The van der Waals surface area contributed by atoms with E-state index in [2.05, 4.69) is 55.9 Å². The summed E-state index contributed by atoms with van der Waals surface area (Å²) in [5.74, 6) is -0.443. The van der Waals surface area contributed by atoms with Gasteiger partial charge in [0.15, 0.2) is 16.4 Å². The van der Waals surface area contributed by atoms with Crippen LogP contribution in [0.1, 0.15) is 114 Å². The molecule has 3 amide bonds. The lowest BCUT2D eigenvalue weighted by atomic mass is 9.90. The molecule has 548 valence electrons. The molecule has 6 unspecified atom stereocenters. The molecule has 4 heterocycles. The van der Waals surface area contributed by atoms with E-state index < -0.39 is 130 Å². The van der Waals surface area contributed by atoms with Gasteiger partial charge in [-0.2, -0.15) is 17.0 Å². The van der Waals surface area contributed by atoms with Gasteiger partial charge in [0.25, 0.3) is 16.0 Å². The van der Waals surface area contributed by atoms with Gasteiger partial charge in [0, 0.05) is 117 Å². The predicted octanol–water partition coefficient (Wildman–Crippen LogP) is 6.44. The summed E-state index contributed by atoms with van der Waals surface area (Å²) in [4.78, 5) is 143. The Morgan fingerprint density at radius 1 is 0.891 bits per heavy atom. The van der Waals surface area contributed by atoms with Crippen molar-refractivity contribution in [3.63, 3.8) is 0 Å². The Hall–Kier alpha value is -7.46. The highest BCUT2D eigenvalue weighted by Gasteiger charge is 2.44. The van der Waals surface area contributed by atoms with E-state index in [1.807, 2.05) is 6.92 Å². The number of phosphoric ester groups is 1. The summed E-state index contributed by atoms with van der Waals surface area (Å²) in [7, 11) is -17.7. The number of nitrogens with zero attached hydrogens (tertiary/aromatic N) is 5. The van der Waals surface area contributed by atoms with Crippen molar-refractivity contribution >= 4 is 130 Å². The number of anilines is 2. The molecule has 2 aliphatic heterocycles. The molecule has 3 aliphatic rings. The van der Waals surface area contributed by atoms with E-state index in [0.717, 1.165) is 6.33 Å². The standard InChI is InChI=1S/C61H76N9O25P3S3/c1-5-35(61(79)80)28-46(72)45(30-52(75)76)68-59(77)44(67-50(74)19-12-25-69(4)60(78)40-17-11-10-16-39(40)54-41-21-20-37(63-6-2)29-48(41)93-55-42(54)22-23-43(64-7-3)56(55)101(88,89)90)18-13-26-99-100-27-24-38(71)15-9-8-14-36-32-70(58-53(36)57(62)65-34-66-58)51-31-47(73)49(92-51)33-91-97(84,85)95-98(86,87)94-96(81,82)83/h10-11,16-17,20-23,29,32,34-35,44-45,47,49,51,63,73H,5-7,9,12-13,15,18-19,24-28,30-31,33H2,1-4H3,(H,67,74)(H,68,77)(H,75,76)(H,79,80)(H,84,85)(H,86,87)(H2,62,65,66)(H2,81,82,83)(H,88,89,90)/t35?,44?,45?,47?,49-,51-/m1/s1. The van der Waals surface area contributed by atoms with Gasteiger partial charge in [-0.25, -0.2) is 23.7 Å². The Labute approximate surface area is 585 Å². The molecule has 0 radical (unpaired) electrons. The van der Waals surface area contributed by atoms with Gasteiger partial charge in [-0.05, 0) is 75.4 Å². The van der Waals surface area contributed by atoms with Gasteiger partial charge in [-0.15, -0.1) is 0 Å². The maximum atomic E-state index is 14.5. The number of benzene rings is 3. The Morgan fingerprint density at radius 3 is 2.31 bits per heavy atom. The molecule has 8 atom stereocenters. The number of nitrogens with two attached hydrogens (primary N) is 1. The zero-order valence-electron chi connectivity index (χ0n) is 54.7. The number of ether oxygens (including phenoxy) is 1. The fourth-order valence-electron chi connectivity index (χ4n) is 10.8. The van der Waals surface area contributed by atoms with Gasteiger partial charge < -0.3 is 75.2 Å². The second-order valence-corrected chi connectivity index (χ2v) is 31.3. The number of Topliss-reactive ketones (excluding diaryl/α,β-unsaturated/α-hetero) is 2. The summed E-state index contributed by atoms with van der Waals surface area (Å²) in [6.07, 6.45) is -2.25. The normalized spacial score (nSPS) is 17.1. The summed E-state index contributed by atoms with van der Waals surface area (Å²) in [5, 5.41) is 39.1. The third-order valence-corrected chi connectivity index (χ3v) is 22.7. The fraction of sp³-hybridized carbons (Fsp3) is 0.443. The number of hydrogen-bond donors (Lipinski definition) is 12. The van der Waals surface area contributed by atoms with E-state index in [1.54, 1.807) is 55.5 Å². The molecule has 2 aromatic carbocycles. The number of nitrogens with one attached hydrogen (secondary N) is 3. The molecule has 0 bridgehead atoms. The first-order valence-electron chi connectivity index (χ1n) is 31.3. The third-order valence-electron chi connectivity index (χ3n) is 15.5. The average molecular weight is 1520 g/mol. The molecule has 1 saturated heterocycles. The number of carboxylic acids is 2. The highest BCUT2D eigenvalue weighted by atomic mass is 33.1. The van der Waals surface area contributed by atoms with Crippen molar-refractivity contribution < 1.29 is 117 Å². The number of aliphatic carboxylic acids is 2. The third kappa shape index (κ3) is 22.8. The quantitative estimate of drug-likeness (QED) is 0.00495. The summed E-state index contributed by atoms with van der Waals surface area (Å²) in [5.41, 5.74) is 8.84. The molecule has 2 aromatic heterocycles. The topological polar surface area (TPSA) is 525 Å². The summed E-state index contributed by atoms with van der Waals surface area (Å²) in [6, 6.07) is 11.9. The van der Waals surface area contributed by atoms with E-state index in [-0.39, 0.29) is 116 Å². The summed E-state index contributed by atoms with van der Waals surface area (Å²) in [6.45, 7) is 4.94. The highest BCUT2D eigenvalue weighted by Crippen LogP contribution is 2.66. The maximum absolute atomic E-state index is 14.5. The van der Waals surface area contributed by atoms with Crippen molar-refractivity contribution in [3.05, 3.63) is 83.6 Å². The van der Waals surface area contributed by atoms with Gasteiger partial charge in [0.05, 0.1) is 47.4 Å². The number of carbonyl (C=O) groups excluding carboxylic acids is 5. The van der Waals surface area contributed by atoms with Crippen LogP contribution in [0.5, 0.6) is 0 Å². The van der Waals surface area contributed by atoms with E-state index in [9.17, 15) is 85.3 Å². The van der Waals surface area contributed by atoms with Gasteiger partial charge in [0.1, 0.15) is 47.5 Å². The Morgan fingerprint density at radius 2 is 1.62 bits per heavy atom. The number of fused-ring (bicyclic) bond motifs is 3. The average Bonchev–Trinajstić information content (AvgIpc) is 1.29. The molecule has 34 nitrogen and oxygen atoms in total. The smallest absolute Gasteiger partial charge is 0.481 e. The minimum Gasteiger partial charge on any atom is -0.481 e. The number of ketones is 2. The zero-order valence-corrected chi connectivity index (χ0v) is 59.9. The molecule has 13 N–H and O–H groups in total. The first kappa shape index (κ1) is 80.8. The molecule has 1 aliphatic carbocycles. The molecular formula is C61H76N9O25P3S3. The molecule has 0 spiro atoms. The molecule has 0 saturated carbocycles. The number of amides is 3. The summed E-state index contributed by atoms with van der Waals surface area (Å²) >= 11 is 0. The molecular weight excluding hydrogens is 1450 g/mol. The lowest BCUT2D eigenvalue weighted by Crippen LogP contribution is -2.52. The van der Waals surface area contributed by atoms with Crippen LogP contribution in [0, 0.1) is 17.8 Å². The minimum absolute atomic E-state index is 0.00479.